The highest BCUT2D eigenvalue weighted by Crippen LogP contribution is 2.36. The molecule has 0 radical (unpaired) electrons. The van der Waals surface area contributed by atoms with Gasteiger partial charge in [0, 0.05) is 5.56 Å². The maximum atomic E-state index is 11.2. The van der Waals surface area contributed by atoms with Crippen LogP contribution in [0.3, 0.4) is 0 Å². The molecule has 2 rings (SSSR count). The Morgan fingerprint density at radius 3 is 2.64 bits per heavy atom. The molecule has 5 heteroatoms. The van der Waals surface area contributed by atoms with Crippen molar-refractivity contribution in [1.29, 1.82) is 0 Å². The smallest absolute Gasteiger partial charge is 0.248 e. The summed E-state index contributed by atoms with van der Waals surface area (Å²) in [4.78, 5) is 11.2. The lowest BCUT2D eigenvalue weighted by atomic mass is 10.2. The molecule has 0 heterocycles. The van der Waals surface area contributed by atoms with Crippen molar-refractivity contribution in [2.45, 2.75) is 0 Å². The third-order valence-corrected chi connectivity index (χ3v) is 3.23. The molecule has 1 amide bonds. The molecule has 2 aromatic rings. The second kappa shape index (κ2) is 7.52. The van der Waals surface area contributed by atoms with Gasteiger partial charge in [0.15, 0.2) is 11.5 Å². The lowest BCUT2D eigenvalue weighted by molar-refractivity contribution is 0.1000. The number of hydrogen-bond acceptors (Lipinski definition) is 3. The van der Waals surface area contributed by atoms with E-state index in [1.54, 1.807) is 0 Å². The maximum absolute atomic E-state index is 11.2. The second-order valence-electron chi connectivity index (χ2n) is 4.48. The van der Waals surface area contributed by atoms with Crippen LogP contribution in [0.15, 0.2) is 48.5 Å². The van der Waals surface area contributed by atoms with Gasteiger partial charge >= 0.3 is 0 Å². The molecule has 0 aliphatic carbocycles. The Hall–Kier alpha value is -2.46. The highest BCUT2D eigenvalue weighted by Gasteiger charge is 2.13. The lowest BCUT2D eigenvalue weighted by Gasteiger charge is -2.12. The van der Waals surface area contributed by atoms with Crippen LogP contribution in [0.1, 0.15) is 15.9 Å². The average Bonchev–Trinajstić information content (AvgIpc) is 2.53. The Morgan fingerprint density at radius 1 is 1.27 bits per heavy atom. The van der Waals surface area contributed by atoms with Crippen LogP contribution in [-0.2, 0) is 0 Å². The lowest BCUT2D eigenvalue weighted by Crippen LogP contribution is -2.11. The number of halogens is 1. The summed E-state index contributed by atoms with van der Waals surface area (Å²) in [6.45, 7) is 0.320. The van der Waals surface area contributed by atoms with E-state index in [4.69, 9.17) is 26.8 Å². The molecule has 0 saturated carbocycles. The molecule has 22 heavy (non-hydrogen) atoms. The minimum absolute atomic E-state index is 0.272. The molecule has 0 saturated heterocycles. The van der Waals surface area contributed by atoms with Gasteiger partial charge in [-0.2, -0.15) is 0 Å². The molecule has 0 bridgehead atoms. The number of hydrogen-bond donors (Lipinski definition) is 1. The average molecular weight is 318 g/mol. The Kier molecular flexibility index (Phi) is 5.44. The molecule has 0 aliphatic heterocycles. The Morgan fingerprint density at radius 2 is 2.00 bits per heavy atom. The minimum Gasteiger partial charge on any atom is -0.493 e. The Balaban J connectivity index is 2.09. The van der Waals surface area contributed by atoms with Crippen LogP contribution >= 0.6 is 11.6 Å². The predicted molar refractivity (Wildman–Crippen MR) is 87.5 cm³/mol. The van der Waals surface area contributed by atoms with E-state index in [9.17, 15) is 4.79 Å². The molecule has 0 aliphatic rings. The van der Waals surface area contributed by atoms with Gasteiger partial charge in [-0.05, 0) is 23.8 Å². The standard InChI is InChI=1S/C17H16ClNO3/c1-21-15-11-13(17(19)20)10-14(18)16(15)22-9-5-8-12-6-3-2-4-7-12/h2-8,10-11H,9H2,1H3,(H2,19,20). The summed E-state index contributed by atoms with van der Waals surface area (Å²) in [7, 11) is 1.48. The highest BCUT2D eigenvalue weighted by molar-refractivity contribution is 6.32. The molecule has 114 valence electrons. The molecule has 2 N–H and O–H groups in total. The zero-order chi connectivity index (χ0) is 15.9. The van der Waals surface area contributed by atoms with Crippen molar-refractivity contribution >= 4 is 23.6 Å². The van der Waals surface area contributed by atoms with Gasteiger partial charge in [0.1, 0.15) is 6.61 Å². The summed E-state index contributed by atoms with van der Waals surface area (Å²) in [5, 5.41) is 0.279. The van der Waals surface area contributed by atoms with E-state index < -0.39 is 5.91 Å². The number of ether oxygens (including phenoxy) is 2. The van der Waals surface area contributed by atoms with E-state index in [1.807, 2.05) is 42.5 Å². The Labute approximate surface area is 134 Å². The van der Waals surface area contributed by atoms with Crippen LogP contribution < -0.4 is 15.2 Å². The zero-order valence-corrected chi connectivity index (χ0v) is 12.8. The number of carbonyl (C=O) groups is 1. The van der Waals surface area contributed by atoms with Crippen molar-refractivity contribution in [2.24, 2.45) is 5.73 Å². The monoisotopic (exact) mass is 317 g/mol. The van der Waals surface area contributed by atoms with Crippen molar-refractivity contribution in [3.63, 3.8) is 0 Å². The number of methoxy groups -OCH3 is 1. The van der Waals surface area contributed by atoms with Gasteiger partial charge in [-0.3, -0.25) is 4.79 Å². The van der Waals surface area contributed by atoms with Crippen LogP contribution in [0.4, 0.5) is 0 Å². The highest BCUT2D eigenvalue weighted by atomic mass is 35.5. The van der Waals surface area contributed by atoms with Gasteiger partial charge in [0.05, 0.1) is 12.1 Å². The second-order valence-corrected chi connectivity index (χ2v) is 4.88. The first-order valence-electron chi connectivity index (χ1n) is 6.63. The fraction of sp³-hybridized carbons (Fsp3) is 0.118. The number of benzene rings is 2. The molecule has 2 aromatic carbocycles. The fourth-order valence-corrected chi connectivity index (χ4v) is 2.15. The van der Waals surface area contributed by atoms with Crippen LogP contribution in [-0.4, -0.2) is 19.6 Å². The van der Waals surface area contributed by atoms with E-state index in [1.165, 1.54) is 19.2 Å². The summed E-state index contributed by atoms with van der Waals surface area (Å²) in [5.41, 5.74) is 6.59. The van der Waals surface area contributed by atoms with E-state index >= 15 is 0 Å². The first kappa shape index (κ1) is 15.9. The number of rotatable bonds is 6. The summed E-state index contributed by atoms with van der Waals surface area (Å²) in [5.74, 6) is 0.178. The van der Waals surface area contributed by atoms with Crippen LogP contribution in [0, 0.1) is 0 Å². The number of nitrogens with two attached hydrogens (primary N) is 1. The van der Waals surface area contributed by atoms with Crippen molar-refractivity contribution in [2.75, 3.05) is 13.7 Å². The molecule has 0 fully saturated rings. The molecular weight excluding hydrogens is 302 g/mol. The molecule has 0 aromatic heterocycles. The topological polar surface area (TPSA) is 61.5 Å². The van der Waals surface area contributed by atoms with Crippen LogP contribution in [0.25, 0.3) is 6.08 Å². The SMILES string of the molecule is COc1cc(C(N)=O)cc(Cl)c1OCC=Cc1ccccc1. The maximum Gasteiger partial charge on any atom is 0.248 e. The van der Waals surface area contributed by atoms with Crippen molar-refractivity contribution in [3.05, 3.63) is 64.7 Å². The van der Waals surface area contributed by atoms with E-state index in [2.05, 4.69) is 0 Å². The zero-order valence-electron chi connectivity index (χ0n) is 12.1. The molecule has 4 nitrogen and oxygen atoms in total. The van der Waals surface area contributed by atoms with Crippen molar-refractivity contribution < 1.29 is 14.3 Å². The number of carbonyl (C=O) groups excluding carboxylic acids is 1. The fourth-order valence-electron chi connectivity index (χ4n) is 1.88. The van der Waals surface area contributed by atoms with Crippen LogP contribution in [0.2, 0.25) is 5.02 Å². The number of amides is 1. The summed E-state index contributed by atoms with van der Waals surface area (Å²) < 4.78 is 10.8. The number of primary amides is 1. The Bertz CT molecular complexity index is 684. The third-order valence-electron chi connectivity index (χ3n) is 2.95. The largest absolute Gasteiger partial charge is 0.493 e. The minimum atomic E-state index is -0.573. The summed E-state index contributed by atoms with van der Waals surface area (Å²) in [6.07, 6.45) is 3.81. The van der Waals surface area contributed by atoms with Crippen molar-refractivity contribution in [3.8, 4) is 11.5 Å². The first-order chi connectivity index (χ1) is 10.6. The van der Waals surface area contributed by atoms with Gasteiger partial charge < -0.3 is 15.2 Å². The van der Waals surface area contributed by atoms with Gasteiger partial charge in [-0.25, -0.2) is 0 Å². The predicted octanol–water partition coefficient (Wildman–Crippen LogP) is 3.54. The quantitative estimate of drug-likeness (QED) is 0.886. The van der Waals surface area contributed by atoms with Crippen LogP contribution in [0.5, 0.6) is 11.5 Å². The molecule has 0 atom stereocenters. The first-order valence-corrected chi connectivity index (χ1v) is 7.01. The van der Waals surface area contributed by atoms with E-state index in [0.717, 1.165) is 5.56 Å². The van der Waals surface area contributed by atoms with Gasteiger partial charge in [0.2, 0.25) is 5.91 Å². The normalized spacial score (nSPS) is 10.6. The van der Waals surface area contributed by atoms with Gasteiger partial charge in [-0.15, -0.1) is 0 Å². The summed E-state index contributed by atoms with van der Waals surface area (Å²) in [6, 6.07) is 12.8. The molecular formula is C17H16ClNO3. The van der Waals surface area contributed by atoms with Crippen molar-refractivity contribution in [1.82, 2.24) is 0 Å². The third kappa shape index (κ3) is 4.02. The van der Waals surface area contributed by atoms with E-state index in [-0.39, 0.29) is 10.6 Å². The summed E-state index contributed by atoms with van der Waals surface area (Å²) >= 11 is 6.12. The molecule has 0 unspecified atom stereocenters. The van der Waals surface area contributed by atoms with Gasteiger partial charge in [0.25, 0.3) is 0 Å². The molecule has 0 spiro atoms. The van der Waals surface area contributed by atoms with Gasteiger partial charge in [-0.1, -0.05) is 48.0 Å². The van der Waals surface area contributed by atoms with E-state index in [0.29, 0.717) is 18.1 Å².